The molecule has 3 rings (SSSR count). The van der Waals surface area contributed by atoms with Gasteiger partial charge in [-0.3, -0.25) is 9.69 Å². The van der Waals surface area contributed by atoms with Crippen LogP contribution in [0.2, 0.25) is 0 Å². The minimum absolute atomic E-state index is 0.0987. The van der Waals surface area contributed by atoms with Gasteiger partial charge in [0.15, 0.2) is 11.6 Å². The van der Waals surface area contributed by atoms with E-state index in [1.165, 1.54) is 12.5 Å². The van der Waals surface area contributed by atoms with E-state index in [4.69, 9.17) is 0 Å². The molecule has 2 heterocycles. The van der Waals surface area contributed by atoms with Gasteiger partial charge in [0.25, 0.3) is 0 Å². The van der Waals surface area contributed by atoms with Gasteiger partial charge in [0.05, 0.1) is 6.54 Å². The average Bonchev–Trinajstić information content (AvgIpc) is 2.70. The predicted molar refractivity (Wildman–Crippen MR) is 102 cm³/mol. The third kappa shape index (κ3) is 5.48. The van der Waals surface area contributed by atoms with Crippen molar-refractivity contribution in [1.29, 1.82) is 0 Å². The smallest absolute Gasteiger partial charge is 0.237 e. The van der Waals surface area contributed by atoms with Gasteiger partial charge in [-0.15, -0.1) is 0 Å². The van der Waals surface area contributed by atoms with Gasteiger partial charge in [0.1, 0.15) is 0 Å². The SMILES string of the molecule is CCC1CCN(CC(=O)N(Cc2ccc(F)c(F)c2)C2CCNCC2)CC1. The van der Waals surface area contributed by atoms with Crippen LogP contribution >= 0.6 is 0 Å². The van der Waals surface area contributed by atoms with Gasteiger partial charge in [-0.25, -0.2) is 8.78 Å². The number of hydrogen-bond donors (Lipinski definition) is 1. The molecule has 150 valence electrons. The quantitative estimate of drug-likeness (QED) is 0.825. The highest BCUT2D eigenvalue weighted by Crippen LogP contribution is 2.22. The highest BCUT2D eigenvalue weighted by atomic mass is 19.2. The third-order valence-electron chi connectivity index (χ3n) is 6.05. The predicted octanol–water partition coefficient (Wildman–Crippen LogP) is 3.17. The first-order valence-electron chi connectivity index (χ1n) is 10.2. The lowest BCUT2D eigenvalue weighted by Gasteiger charge is -2.37. The van der Waals surface area contributed by atoms with Crippen molar-refractivity contribution in [2.75, 3.05) is 32.7 Å². The topological polar surface area (TPSA) is 35.6 Å². The number of likely N-dealkylation sites (tertiary alicyclic amines) is 1. The van der Waals surface area contributed by atoms with Gasteiger partial charge in [-0.05, 0) is 75.5 Å². The molecule has 0 unspecified atom stereocenters. The van der Waals surface area contributed by atoms with E-state index in [9.17, 15) is 13.6 Å². The number of carbonyl (C=O) groups excluding carboxylic acids is 1. The Bertz CT molecular complexity index is 626. The van der Waals surface area contributed by atoms with Crippen molar-refractivity contribution >= 4 is 5.91 Å². The van der Waals surface area contributed by atoms with Crippen LogP contribution in [0.15, 0.2) is 18.2 Å². The fourth-order valence-electron chi connectivity index (χ4n) is 4.21. The Kier molecular flexibility index (Phi) is 7.19. The number of hydrogen-bond acceptors (Lipinski definition) is 3. The van der Waals surface area contributed by atoms with Crippen LogP contribution < -0.4 is 5.32 Å². The number of amides is 1. The number of rotatable bonds is 6. The molecule has 0 bridgehead atoms. The number of nitrogens with zero attached hydrogens (tertiary/aromatic N) is 2. The number of carbonyl (C=O) groups is 1. The summed E-state index contributed by atoms with van der Waals surface area (Å²) in [5, 5.41) is 3.32. The molecular weight excluding hydrogens is 348 g/mol. The fraction of sp³-hybridized carbons (Fsp3) is 0.667. The summed E-state index contributed by atoms with van der Waals surface area (Å²) in [6, 6.07) is 4.08. The van der Waals surface area contributed by atoms with Crippen molar-refractivity contribution < 1.29 is 13.6 Å². The average molecular weight is 379 g/mol. The summed E-state index contributed by atoms with van der Waals surface area (Å²) in [4.78, 5) is 17.2. The lowest BCUT2D eigenvalue weighted by atomic mass is 9.94. The van der Waals surface area contributed by atoms with Crippen LogP contribution in [0.5, 0.6) is 0 Å². The zero-order valence-corrected chi connectivity index (χ0v) is 16.2. The highest BCUT2D eigenvalue weighted by Gasteiger charge is 2.28. The van der Waals surface area contributed by atoms with Crippen LogP contribution in [0.4, 0.5) is 8.78 Å². The van der Waals surface area contributed by atoms with Crippen LogP contribution in [0.1, 0.15) is 44.6 Å². The zero-order chi connectivity index (χ0) is 19.2. The van der Waals surface area contributed by atoms with E-state index in [1.54, 1.807) is 6.07 Å². The molecule has 2 aliphatic rings. The molecule has 0 aromatic heterocycles. The fourth-order valence-corrected chi connectivity index (χ4v) is 4.21. The van der Waals surface area contributed by atoms with E-state index >= 15 is 0 Å². The largest absolute Gasteiger partial charge is 0.334 e. The third-order valence-corrected chi connectivity index (χ3v) is 6.05. The van der Waals surface area contributed by atoms with Crippen molar-refractivity contribution in [2.24, 2.45) is 5.92 Å². The summed E-state index contributed by atoms with van der Waals surface area (Å²) < 4.78 is 26.9. The Morgan fingerprint density at radius 2 is 1.85 bits per heavy atom. The Balaban J connectivity index is 1.67. The van der Waals surface area contributed by atoms with Crippen molar-refractivity contribution in [3.8, 4) is 0 Å². The van der Waals surface area contributed by atoms with E-state index < -0.39 is 11.6 Å². The maximum absolute atomic E-state index is 13.6. The van der Waals surface area contributed by atoms with Crippen LogP contribution in [-0.4, -0.2) is 54.5 Å². The summed E-state index contributed by atoms with van der Waals surface area (Å²) in [7, 11) is 0. The van der Waals surface area contributed by atoms with Crippen LogP contribution in [-0.2, 0) is 11.3 Å². The minimum atomic E-state index is -0.855. The van der Waals surface area contributed by atoms with Gasteiger partial charge in [-0.1, -0.05) is 19.4 Å². The molecule has 2 fully saturated rings. The van der Waals surface area contributed by atoms with Crippen molar-refractivity contribution in [1.82, 2.24) is 15.1 Å². The van der Waals surface area contributed by atoms with Crippen molar-refractivity contribution in [2.45, 2.75) is 51.6 Å². The summed E-state index contributed by atoms with van der Waals surface area (Å²) in [6.07, 6.45) is 5.31. The summed E-state index contributed by atoms with van der Waals surface area (Å²) in [6.45, 7) is 6.69. The monoisotopic (exact) mass is 379 g/mol. The van der Waals surface area contributed by atoms with Crippen LogP contribution in [0.3, 0.4) is 0 Å². The lowest BCUT2D eigenvalue weighted by molar-refractivity contribution is -0.136. The zero-order valence-electron chi connectivity index (χ0n) is 16.2. The molecule has 4 nitrogen and oxygen atoms in total. The molecule has 2 saturated heterocycles. The van der Waals surface area contributed by atoms with E-state index in [-0.39, 0.29) is 11.9 Å². The number of piperidine rings is 2. The second kappa shape index (κ2) is 9.60. The first-order valence-corrected chi connectivity index (χ1v) is 10.2. The van der Waals surface area contributed by atoms with E-state index in [1.807, 2.05) is 4.90 Å². The second-order valence-corrected chi connectivity index (χ2v) is 7.88. The molecule has 0 aliphatic carbocycles. The Hall–Kier alpha value is -1.53. The first kappa shape index (κ1) is 20.2. The van der Waals surface area contributed by atoms with Gasteiger partial charge < -0.3 is 10.2 Å². The maximum atomic E-state index is 13.6. The van der Waals surface area contributed by atoms with Gasteiger partial charge in [0, 0.05) is 12.6 Å². The summed E-state index contributed by atoms with van der Waals surface area (Å²) in [5.74, 6) is -0.829. The number of halogens is 2. The molecule has 6 heteroatoms. The van der Waals surface area contributed by atoms with E-state index in [0.29, 0.717) is 18.7 Å². The highest BCUT2D eigenvalue weighted by molar-refractivity contribution is 5.78. The van der Waals surface area contributed by atoms with E-state index in [0.717, 1.165) is 63.8 Å². The molecule has 0 spiro atoms. The Labute approximate surface area is 160 Å². The van der Waals surface area contributed by atoms with Crippen molar-refractivity contribution in [3.05, 3.63) is 35.4 Å². The Morgan fingerprint density at radius 3 is 2.48 bits per heavy atom. The lowest BCUT2D eigenvalue weighted by Crippen LogP contribution is -2.50. The number of nitrogens with one attached hydrogen (secondary N) is 1. The molecule has 27 heavy (non-hydrogen) atoms. The summed E-state index contributed by atoms with van der Waals surface area (Å²) >= 11 is 0. The molecule has 0 atom stereocenters. The van der Waals surface area contributed by atoms with Gasteiger partial charge in [-0.2, -0.15) is 0 Å². The Morgan fingerprint density at radius 1 is 1.15 bits per heavy atom. The molecule has 0 saturated carbocycles. The maximum Gasteiger partial charge on any atom is 0.237 e. The van der Waals surface area contributed by atoms with E-state index in [2.05, 4.69) is 17.1 Å². The summed E-state index contributed by atoms with van der Waals surface area (Å²) in [5.41, 5.74) is 0.644. The van der Waals surface area contributed by atoms with Gasteiger partial charge >= 0.3 is 0 Å². The van der Waals surface area contributed by atoms with Gasteiger partial charge in [0.2, 0.25) is 5.91 Å². The standard InChI is InChI=1S/C21H31F2N3O/c1-2-16-7-11-25(12-8-16)15-21(27)26(18-5-9-24-10-6-18)14-17-3-4-19(22)20(23)13-17/h3-4,13,16,18,24H,2,5-12,14-15H2,1H3. The minimum Gasteiger partial charge on any atom is -0.334 e. The molecule has 1 aromatic carbocycles. The number of benzene rings is 1. The molecule has 1 aromatic rings. The van der Waals surface area contributed by atoms with Crippen molar-refractivity contribution in [3.63, 3.8) is 0 Å². The van der Waals surface area contributed by atoms with Crippen LogP contribution in [0, 0.1) is 17.6 Å². The molecular formula is C21H31F2N3O. The first-order chi connectivity index (χ1) is 13.1. The molecule has 2 aliphatic heterocycles. The molecule has 0 radical (unpaired) electrons. The second-order valence-electron chi connectivity index (χ2n) is 7.88. The molecule has 1 N–H and O–H groups in total. The molecule has 1 amide bonds. The normalized spacial score (nSPS) is 20.0. The van der Waals surface area contributed by atoms with Crippen LogP contribution in [0.25, 0.3) is 0 Å².